The predicted molar refractivity (Wildman–Crippen MR) is 43.9 cm³/mol. The van der Waals surface area contributed by atoms with E-state index in [9.17, 15) is 0 Å². The van der Waals surface area contributed by atoms with Gasteiger partial charge in [0.25, 0.3) is 0 Å². The second-order valence-corrected chi connectivity index (χ2v) is 3.62. The van der Waals surface area contributed by atoms with Gasteiger partial charge in [-0.2, -0.15) is 0 Å². The molecule has 2 rings (SSSR count). The van der Waals surface area contributed by atoms with Gasteiger partial charge in [-0.3, -0.25) is 0 Å². The first-order chi connectivity index (χ1) is 4.86. The lowest BCUT2D eigenvalue weighted by molar-refractivity contribution is 0.572. The molecule has 2 aliphatic rings. The van der Waals surface area contributed by atoms with E-state index in [1.165, 1.54) is 19.3 Å². The molecule has 0 aliphatic heterocycles. The van der Waals surface area contributed by atoms with E-state index in [2.05, 4.69) is 12.2 Å². The third kappa shape index (κ3) is 1.27. The lowest BCUT2D eigenvalue weighted by Gasteiger charge is -2.11. The molecule has 0 radical (unpaired) electrons. The van der Waals surface area contributed by atoms with Crippen LogP contribution in [-0.2, 0) is 0 Å². The first-order valence-electron chi connectivity index (χ1n) is 3.90. The van der Waals surface area contributed by atoms with Crippen molar-refractivity contribution >= 4 is 11.6 Å². The van der Waals surface area contributed by atoms with E-state index >= 15 is 0 Å². The molecule has 0 nitrogen and oxygen atoms in total. The van der Waals surface area contributed by atoms with E-state index in [1.54, 1.807) is 0 Å². The van der Waals surface area contributed by atoms with Gasteiger partial charge in [0.05, 0.1) is 0 Å². The van der Waals surface area contributed by atoms with Gasteiger partial charge < -0.3 is 0 Å². The Balaban J connectivity index is 1.99. The number of hydrogen-bond donors (Lipinski definition) is 0. The summed E-state index contributed by atoms with van der Waals surface area (Å²) < 4.78 is 0. The van der Waals surface area contributed by atoms with Crippen molar-refractivity contribution in [3.8, 4) is 0 Å². The first kappa shape index (κ1) is 6.48. The summed E-state index contributed by atoms with van der Waals surface area (Å²) >= 11 is 5.78. The first-order valence-corrected chi connectivity index (χ1v) is 4.28. The molecular weight excluding hydrogens is 144 g/mol. The fraction of sp³-hybridized carbons (Fsp3) is 0.556. The Morgan fingerprint density at radius 3 is 2.70 bits per heavy atom. The summed E-state index contributed by atoms with van der Waals surface area (Å²) in [6.45, 7) is 0. The van der Waals surface area contributed by atoms with Crippen molar-refractivity contribution in [1.82, 2.24) is 0 Å². The second kappa shape index (κ2) is 2.43. The molecule has 1 atom stereocenters. The minimum absolute atomic E-state index is 0.808. The number of allylic oxidation sites excluding steroid dienone is 4. The van der Waals surface area contributed by atoms with Gasteiger partial charge in [0.2, 0.25) is 0 Å². The summed E-state index contributed by atoms with van der Waals surface area (Å²) in [6.07, 6.45) is 10.5. The molecule has 0 bridgehead atoms. The average Bonchev–Trinajstić information content (AvgIpc) is 2.71. The van der Waals surface area contributed by atoms with Gasteiger partial charge in [-0.05, 0) is 37.2 Å². The Kier molecular flexibility index (Phi) is 1.57. The standard InChI is InChI=1S/C9H11Cl/c10-9-5-3-8(4-6-9)7-1-2-7/h3,5-8H,1-2,4H2. The molecule has 0 heterocycles. The lowest BCUT2D eigenvalue weighted by atomic mass is 9.96. The number of hydrogen-bond acceptors (Lipinski definition) is 0. The molecule has 0 N–H and O–H groups in total. The van der Waals surface area contributed by atoms with E-state index in [4.69, 9.17) is 11.6 Å². The Bertz CT molecular complexity index is 187. The van der Waals surface area contributed by atoms with Gasteiger partial charge in [-0.25, -0.2) is 0 Å². The van der Waals surface area contributed by atoms with Crippen molar-refractivity contribution in [3.63, 3.8) is 0 Å². The molecular formula is C9H11Cl. The molecule has 0 aromatic carbocycles. The molecule has 1 saturated carbocycles. The van der Waals surface area contributed by atoms with Gasteiger partial charge in [0.15, 0.2) is 0 Å². The van der Waals surface area contributed by atoms with Crippen molar-refractivity contribution < 1.29 is 0 Å². The molecule has 2 aliphatic carbocycles. The number of rotatable bonds is 1. The maximum atomic E-state index is 5.78. The zero-order valence-corrected chi connectivity index (χ0v) is 6.64. The quantitative estimate of drug-likeness (QED) is 0.545. The van der Waals surface area contributed by atoms with Crippen LogP contribution in [0.2, 0.25) is 0 Å². The maximum absolute atomic E-state index is 5.78. The summed E-state index contributed by atoms with van der Waals surface area (Å²) in [6, 6.07) is 0. The zero-order chi connectivity index (χ0) is 6.97. The third-order valence-electron chi connectivity index (χ3n) is 2.32. The Hall–Kier alpha value is -0.230. The van der Waals surface area contributed by atoms with E-state index in [1.807, 2.05) is 6.08 Å². The molecule has 0 spiro atoms. The van der Waals surface area contributed by atoms with Crippen LogP contribution < -0.4 is 0 Å². The van der Waals surface area contributed by atoms with Crippen molar-refractivity contribution in [2.24, 2.45) is 11.8 Å². The molecule has 1 heteroatoms. The Morgan fingerprint density at radius 2 is 2.20 bits per heavy atom. The smallest absolute Gasteiger partial charge is 0.0363 e. The van der Waals surface area contributed by atoms with Crippen LogP contribution in [0.1, 0.15) is 19.3 Å². The highest BCUT2D eigenvalue weighted by Crippen LogP contribution is 2.41. The predicted octanol–water partition coefficient (Wildman–Crippen LogP) is 3.10. The minimum atomic E-state index is 0.808. The summed E-state index contributed by atoms with van der Waals surface area (Å²) in [5, 5.41) is 0.914. The summed E-state index contributed by atoms with van der Waals surface area (Å²) in [7, 11) is 0. The van der Waals surface area contributed by atoms with Crippen molar-refractivity contribution in [1.29, 1.82) is 0 Å². The van der Waals surface area contributed by atoms with Crippen LogP contribution in [0.5, 0.6) is 0 Å². The normalized spacial score (nSPS) is 32.1. The van der Waals surface area contributed by atoms with Crippen LogP contribution in [0, 0.1) is 11.8 Å². The van der Waals surface area contributed by atoms with Gasteiger partial charge in [0, 0.05) is 5.03 Å². The molecule has 0 aromatic rings. The highest BCUT2D eigenvalue weighted by molar-refractivity contribution is 6.31. The number of halogens is 1. The van der Waals surface area contributed by atoms with E-state index in [0.717, 1.165) is 16.9 Å². The Labute approximate surface area is 66.6 Å². The SMILES string of the molecule is ClC1=CCC(C2CC2)C=C1. The highest BCUT2D eigenvalue weighted by Gasteiger charge is 2.29. The van der Waals surface area contributed by atoms with Gasteiger partial charge in [0.1, 0.15) is 0 Å². The monoisotopic (exact) mass is 154 g/mol. The fourth-order valence-corrected chi connectivity index (χ4v) is 1.65. The van der Waals surface area contributed by atoms with Crippen LogP contribution in [0.25, 0.3) is 0 Å². The minimum Gasteiger partial charge on any atom is -0.0847 e. The van der Waals surface area contributed by atoms with Gasteiger partial charge >= 0.3 is 0 Å². The van der Waals surface area contributed by atoms with Crippen LogP contribution >= 0.6 is 11.6 Å². The third-order valence-corrected chi connectivity index (χ3v) is 2.60. The summed E-state index contributed by atoms with van der Waals surface area (Å²) in [4.78, 5) is 0. The highest BCUT2D eigenvalue weighted by atomic mass is 35.5. The summed E-state index contributed by atoms with van der Waals surface area (Å²) in [5.74, 6) is 1.79. The molecule has 0 aromatic heterocycles. The molecule has 10 heavy (non-hydrogen) atoms. The molecule has 1 unspecified atom stereocenters. The zero-order valence-electron chi connectivity index (χ0n) is 5.89. The maximum Gasteiger partial charge on any atom is 0.0363 e. The molecule has 0 saturated heterocycles. The lowest BCUT2D eigenvalue weighted by Crippen LogP contribution is -1.99. The van der Waals surface area contributed by atoms with E-state index in [0.29, 0.717) is 0 Å². The molecule has 0 amide bonds. The fourth-order valence-electron chi connectivity index (χ4n) is 1.48. The molecule has 54 valence electrons. The van der Waals surface area contributed by atoms with Crippen LogP contribution in [0.15, 0.2) is 23.3 Å². The van der Waals surface area contributed by atoms with Crippen molar-refractivity contribution in [3.05, 3.63) is 23.3 Å². The van der Waals surface area contributed by atoms with Gasteiger partial charge in [-0.1, -0.05) is 23.8 Å². The van der Waals surface area contributed by atoms with Crippen LogP contribution in [-0.4, -0.2) is 0 Å². The van der Waals surface area contributed by atoms with E-state index < -0.39 is 0 Å². The van der Waals surface area contributed by atoms with E-state index in [-0.39, 0.29) is 0 Å². The van der Waals surface area contributed by atoms with Crippen molar-refractivity contribution in [2.75, 3.05) is 0 Å². The van der Waals surface area contributed by atoms with Crippen LogP contribution in [0.4, 0.5) is 0 Å². The van der Waals surface area contributed by atoms with Crippen LogP contribution in [0.3, 0.4) is 0 Å². The van der Waals surface area contributed by atoms with Crippen molar-refractivity contribution in [2.45, 2.75) is 19.3 Å². The molecule has 1 fully saturated rings. The Morgan fingerprint density at radius 1 is 1.40 bits per heavy atom. The largest absolute Gasteiger partial charge is 0.0847 e. The average molecular weight is 155 g/mol. The topological polar surface area (TPSA) is 0 Å². The van der Waals surface area contributed by atoms with Gasteiger partial charge in [-0.15, -0.1) is 0 Å². The summed E-state index contributed by atoms with van der Waals surface area (Å²) in [5.41, 5.74) is 0. The second-order valence-electron chi connectivity index (χ2n) is 3.19.